The van der Waals surface area contributed by atoms with Crippen LogP contribution in [0.15, 0.2) is 56.8 Å². The van der Waals surface area contributed by atoms with Gasteiger partial charge in [0.25, 0.3) is 0 Å². The Labute approximate surface area is 129 Å². The van der Waals surface area contributed by atoms with Crippen molar-refractivity contribution in [2.45, 2.75) is 18.9 Å². The Kier molecular flexibility index (Phi) is 5.83. The highest BCUT2D eigenvalue weighted by molar-refractivity contribution is 8.05. The van der Waals surface area contributed by atoms with Crippen molar-refractivity contribution in [1.82, 2.24) is 5.32 Å². The van der Waals surface area contributed by atoms with Gasteiger partial charge in [0.1, 0.15) is 11.9 Å². The van der Waals surface area contributed by atoms with E-state index in [1.165, 1.54) is 11.8 Å². The van der Waals surface area contributed by atoms with Crippen molar-refractivity contribution in [1.29, 1.82) is 0 Å². The summed E-state index contributed by atoms with van der Waals surface area (Å²) >= 11 is 1.33. The molecule has 1 saturated heterocycles. The van der Waals surface area contributed by atoms with E-state index in [1.807, 2.05) is 0 Å². The van der Waals surface area contributed by atoms with Crippen LogP contribution >= 0.6 is 11.8 Å². The zero-order valence-corrected chi connectivity index (χ0v) is 12.7. The number of nitrogens with one attached hydrogen (secondary N) is 1. The molecule has 5 nitrogen and oxygen atoms in total. The largest absolute Gasteiger partial charge is 0.488 e. The summed E-state index contributed by atoms with van der Waals surface area (Å²) in [4.78, 5) is 0. The van der Waals surface area contributed by atoms with Gasteiger partial charge in [-0.25, -0.2) is 0 Å². The molecule has 2 aliphatic heterocycles. The summed E-state index contributed by atoms with van der Waals surface area (Å²) in [5, 5.41) is 13.4. The number of thioether (sulfide) groups is 1. The average Bonchev–Trinajstić information content (AvgIpc) is 2.48. The molecule has 2 aliphatic rings. The van der Waals surface area contributed by atoms with Gasteiger partial charge in [-0.1, -0.05) is 24.9 Å². The smallest absolute Gasteiger partial charge is 0.128 e. The molecule has 1 atom stereocenters. The van der Waals surface area contributed by atoms with Crippen LogP contribution in [-0.2, 0) is 4.74 Å². The number of piperidine rings is 1. The first-order chi connectivity index (χ1) is 10.2. The SMILES string of the molecule is C=CSC(N)=C1C=N/N=C\C=C(\OC2CCCNC2)C1=C. The maximum atomic E-state index is 6.06. The van der Waals surface area contributed by atoms with Gasteiger partial charge in [0.05, 0.1) is 17.5 Å². The first kappa shape index (κ1) is 15.6. The lowest BCUT2D eigenvalue weighted by molar-refractivity contribution is 0.0988. The molecule has 0 aromatic heterocycles. The molecule has 1 fully saturated rings. The monoisotopic (exact) mass is 304 g/mol. The number of ether oxygens (including phenoxy) is 1. The third-order valence-electron chi connectivity index (χ3n) is 3.19. The Morgan fingerprint density at radius 2 is 2.38 bits per heavy atom. The van der Waals surface area contributed by atoms with Crippen molar-refractivity contribution in [3.05, 3.63) is 46.6 Å². The van der Waals surface area contributed by atoms with Gasteiger partial charge in [-0.15, -0.1) is 0 Å². The molecular weight excluding hydrogens is 284 g/mol. The Bertz CT molecular complexity index is 528. The Morgan fingerprint density at radius 1 is 1.52 bits per heavy atom. The molecule has 0 aromatic carbocycles. The number of allylic oxidation sites excluding steroid dienone is 2. The lowest BCUT2D eigenvalue weighted by Gasteiger charge is -2.26. The highest BCUT2D eigenvalue weighted by Crippen LogP contribution is 2.26. The number of hydrogen-bond acceptors (Lipinski definition) is 6. The van der Waals surface area contributed by atoms with E-state index < -0.39 is 0 Å². The van der Waals surface area contributed by atoms with Gasteiger partial charge in [-0.2, -0.15) is 10.2 Å². The molecule has 0 amide bonds. The molecule has 0 aliphatic carbocycles. The maximum Gasteiger partial charge on any atom is 0.128 e. The first-order valence-corrected chi connectivity index (χ1v) is 7.71. The molecule has 0 bridgehead atoms. The van der Waals surface area contributed by atoms with Crippen LogP contribution in [0.2, 0.25) is 0 Å². The van der Waals surface area contributed by atoms with Gasteiger partial charge < -0.3 is 15.8 Å². The third kappa shape index (κ3) is 4.34. The minimum absolute atomic E-state index is 0.140. The second-order valence-corrected chi connectivity index (χ2v) is 5.68. The predicted molar refractivity (Wildman–Crippen MR) is 90.2 cm³/mol. The standard InChI is InChI=1S/C15H20N4OS/c1-3-21-15(16)13-10-19-18-8-6-14(11(13)2)20-12-5-4-7-17-9-12/h3,6,8,10,12,17H,1-2,4-5,7,9,16H2/b14-6+,15-13?,18-8-,19-10?. The topological polar surface area (TPSA) is 72.0 Å². The van der Waals surface area contributed by atoms with E-state index in [9.17, 15) is 0 Å². The summed E-state index contributed by atoms with van der Waals surface area (Å²) < 4.78 is 6.06. The second kappa shape index (κ2) is 7.85. The van der Waals surface area contributed by atoms with Crippen molar-refractivity contribution in [3.8, 4) is 0 Å². The molecule has 112 valence electrons. The van der Waals surface area contributed by atoms with Gasteiger partial charge in [0.15, 0.2) is 0 Å². The quantitative estimate of drug-likeness (QED) is 0.836. The van der Waals surface area contributed by atoms with Crippen molar-refractivity contribution < 1.29 is 4.74 Å². The van der Waals surface area contributed by atoms with Crippen molar-refractivity contribution >= 4 is 24.2 Å². The zero-order valence-electron chi connectivity index (χ0n) is 11.9. The van der Waals surface area contributed by atoms with Gasteiger partial charge in [-0.3, -0.25) is 0 Å². The van der Waals surface area contributed by atoms with E-state index in [1.54, 1.807) is 23.9 Å². The number of nitrogens with two attached hydrogens (primary N) is 1. The molecule has 0 saturated carbocycles. The van der Waals surface area contributed by atoms with E-state index in [0.717, 1.165) is 25.9 Å². The summed E-state index contributed by atoms with van der Waals surface area (Å²) in [6.07, 6.45) is 7.25. The van der Waals surface area contributed by atoms with Gasteiger partial charge >= 0.3 is 0 Å². The average molecular weight is 304 g/mol. The highest BCUT2D eigenvalue weighted by Gasteiger charge is 2.19. The van der Waals surface area contributed by atoms with E-state index in [4.69, 9.17) is 10.5 Å². The van der Waals surface area contributed by atoms with Crippen molar-refractivity contribution in [2.24, 2.45) is 15.9 Å². The number of rotatable bonds is 4. The molecule has 6 heteroatoms. The zero-order chi connectivity index (χ0) is 15.1. The molecule has 1 unspecified atom stereocenters. The van der Waals surface area contributed by atoms with Crippen LogP contribution in [0.5, 0.6) is 0 Å². The van der Waals surface area contributed by atoms with E-state index in [0.29, 0.717) is 21.9 Å². The van der Waals surface area contributed by atoms with Crippen LogP contribution in [0.4, 0.5) is 0 Å². The fourth-order valence-corrected chi connectivity index (χ4v) is 2.60. The van der Waals surface area contributed by atoms with E-state index >= 15 is 0 Å². The van der Waals surface area contributed by atoms with Crippen LogP contribution in [0.1, 0.15) is 12.8 Å². The molecule has 2 rings (SSSR count). The summed E-state index contributed by atoms with van der Waals surface area (Å²) in [6.45, 7) is 9.64. The predicted octanol–water partition coefficient (Wildman–Crippen LogP) is 2.31. The summed E-state index contributed by atoms with van der Waals surface area (Å²) in [6, 6.07) is 0. The molecule has 2 heterocycles. The number of nitrogens with zero attached hydrogens (tertiary/aromatic N) is 2. The minimum Gasteiger partial charge on any atom is -0.488 e. The first-order valence-electron chi connectivity index (χ1n) is 6.83. The lowest BCUT2D eigenvalue weighted by Crippen LogP contribution is -2.35. The van der Waals surface area contributed by atoms with Crippen LogP contribution in [-0.4, -0.2) is 31.6 Å². The number of hydrogen-bond donors (Lipinski definition) is 2. The molecule has 3 N–H and O–H groups in total. The lowest BCUT2D eigenvalue weighted by atomic mass is 10.1. The van der Waals surface area contributed by atoms with Crippen LogP contribution in [0.3, 0.4) is 0 Å². The Balaban J connectivity index is 2.21. The van der Waals surface area contributed by atoms with E-state index in [2.05, 4.69) is 28.7 Å². The molecule has 21 heavy (non-hydrogen) atoms. The summed E-state index contributed by atoms with van der Waals surface area (Å²) in [7, 11) is 0. The fraction of sp³-hybridized carbons (Fsp3) is 0.333. The summed E-state index contributed by atoms with van der Waals surface area (Å²) in [5.41, 5.74) is 7.46. The van der Waals surface area contributed by atoms with Crippen LogP contribution in [0.25, 0.3) is 0 Å². The highest BCUT2D eigenvalue weighted by atomic mass is 32.2. The fourth-order valence-electron chi connectivity index (χ4n) is 2.12. The minimum atomic E-state index is 0.140. The Hall–Kier alpha value is -1.79. The molecule has 0 aromatic rings. The second-order valence-electron chi connectivity index (χ2n) is 4.67. The van der Waals surface area contributed by atoms with Gasteiger partial charge in [0, 0.05) is 23.8 Å². The van der Waals surface area contributed by atoms with Crippen molar-refractivity contribution in [3.63, 3.8) is 0 Å². The maximum absolute atomic E-state index is 6.06. The normalized spacial score (nSPS) is 28.9. The van der Waals surface area contributed by atoms with Gasteiger partial charge in [0.2, 0.25) is 0 Å². The molecule has 0 spiro atoms. The molecule has 0 radical (unpaired) electrons. The third-order valence-corrected chi connectivity index (χ3v) is 3.83. The van der Waals surface area contributed by atoms with Crippen LogP contribution in [0, 0.1) is 0 Å². The molecular formula is C15H20N4OS. The van der Waals surface area contributed by atoms with E-state index in [-0.39, 0.29) is 6.10 Å². The van der Waals surface area contributed by atoms with Crippen molar-refractivity contribution in [2.75, 3.05) is 13.1 Å². The van der Waals surface area contributed by atoms with Crippen LogP contribution < -0.4 is 11.1 Å². The van der Waals surface area contributed by atoms with Gasteiger partial charge in [-0.05, 0) is 24.8 Å². The Morgan fingerprint density at radius 3 is 3.10 bits per heavy atom. The summed E-state index contributed by atoms with van der Waals surface area (Å²) in [5.74, 6) is 0.682.